The minimum absolute atomic E-state index is 0.000598. The first-order valence-electron chi connectivity index (χ1n) is 11.9. The SMILES string of the molecule is O=C(CCc1ccccc1)Nc1cccc(NCC(=O)Nc2cccc(C(=O)N3CCCC3)c2)c1. The average molecular weight is 471 g/mol. The summed E-state index contributed by atoms with van der Waals surface area (Å²) in [4.78, 5) is 39.2. The van der Waals surface area contributed by atoms with Crippen molar-refractivity contribution in [2.24, 2.45) is 0 Å². The lowest BCUT2D eigenvalue weighted by molar-refractivity contribution is -0.116. The molecule has 0 aromatic heterocycles. The summed E-state index contributed by atoms with van der Waals surface area (Å²) >= 11 is 0. The Morgan fingerprint density at radius 3 is 2.14 bits per heavy atom. The van der Waals surface area contributed by atoms with E-state index in [0.29, 0.717) is 29.8 Å². The number of carbonyl (C=O) groups is 3. The fraction of sp³-hybridized carbons (Fsp3) is 0.250. The molecule has 1 aliphatic rings. The van der Waals surface area contributed by atoms with Gasteiger partial charge in [0.25, 0.3) is 5.91 Å². The van der Waals surface area contributed by atoms with Gasteiger partial charge in [-0.3, -0.25) is 14.4 Å². The lowest BCUT2D eigenvalue weighted by Gasteiger charge is -2.16. The topological polar surface area (TPSA) is 90.5 Å². The zero-order chi connectivity index (χ0) is 24.5. The summed E-state index contributed by atoms with van der Waals surface area (Å²) < 4.78 is 0. The fourth-order valence-electron chi connectivity index (χ4n) is 4.05. The third-order valence-corrected chi connectivity index (χ3v) is 5.87. The molecule has 0 unspecified atom stereocenters. The summed E-state index contributed by atoms with van der Waals surface area (Å²) in [5.41, 5.74) is 3.67. The van der Waals surface area contributed by atoms with Crippen molar-refractivity contribution in [2.45, 2.75) is 25.7 Å². The van der Waals surface area contributed by atoms with Gasteiger partial charge in [-0.25, -0.2) is 0 Å². The van der Waals surface area contributed by atoms with Crippen LogP contribution in [0.5, 0.6) is 0 Å². The Kier molecular flexibility index (Phi) is 8.12. The Balaban J connectivity index is 1.25. The smallest absolute Gasteiger partial charge is 0.253 e. The Hall–Kier alpha value is -4.13. The predicted octanol–water partition coefficient (Wildman–Crippen LogP) is 4.54. The van der Waals surface area contributed by atoms with Crippen LogP contribution in [-0.4, -0.2) is 42.3 Å². The molecule has 1 aliphatic heterocycles. The molecule has 0 saturated carbocycles. The van der Waals surface area contributed by atoms with Crippen LogP contribution in [0.4, 0.5) is 17.1 Å². The molecule has 4 rings (SSSR count). The largest absolute Gasteiger partial charge is 0.376 e. The first-order chi connectivity index (χ1) is 17.1. The number of likely N-dealkylation sites (tertiary alicyclic amines) is 1. The molecule has 3 aromatic rings. The number of carbonyl (C=O) groups excluding carboxylic acids is 3. The number of benzene rings is 3. The molecule has 1 saturated heterocycles. The molecule has 7 heteroatoms. The number of anilines is 3. The van der Waals surface area contributed by atoms with Crippen molar-refractivity contribution in [2.75, 3.05) is 35.6 Å². The van der Waals surface area contributed by atoms with Gasteiger partial charge < -0.3 is 20.9 Å². The van der Waals surface area contributed by atoms with Crippen LogP contribution in [0.25, 0.3) is 0 Å². The molecule has 180 valence electrons. The summed E-state index contributed by atoms with van der Waals surface area (Å²) in [6.07, 6.45) is 3.14. The van der Waals surface area contributed by atoms with Gasteiger partial charge in [-0.2, -0.15) is 0 Å². The van der Waals surface area contributed by atoms with E-state index in [1.165, 1.54) is 0 Å². The fourth-order valence-corrected chi connectivity index (χ4v) is 4.05. The van der Waals surface area contributed by atoms with Crippen molar-refractivity contribution in [3.8, 4) is 0 Å². The molecule has 1 heterocycles. The van der Waals surface area contributed by atoms with E-state index in [1.807, 2.05) is 53.4 Å². The molecule has 0 atom stereocenters. The van der Waals surface area contributed by atoms with E-state index < -0.39 is 0 Å². The second-order valence-corrected chi connectivity index (χ2v) is 8.60. The molecule has 7 nitrogen and oxygen atoms in total. The van der Waals surface area contributed by atoms with Gasteiger partial charge in [0.05, 0.1) is 6.54 Å². The summed E-state index contributed by atoms with van der Waals surface area (Å²) in [5.74, 6) is -0.292. The van der Waals surface area contributed by atoms with Gasteiger partial charge in [-0.05, 0) is 61.2 Å². The van der Waals surface area contributed by atoms with Crippen LogP contribution < -0.4 is 16.0 Å². The Labute approximate surface area is 205 Å². The van der Waals surface area contributed by atoms with Crippen LogP contribution in [0, 0.1) is 0 Å². The normalized spacial score (nSPS) is 12.7. The molecule has 3 amide bonds. The summed E-state index contributed by atoms with van der Waals surface area (Å²) in [7, 11) is 0. The first kappa shape index (κ1) is 24.0. The maximum Gasteiger partial charge on any atom is 0.253 e. The minimum Gasteiger partial charge on any atom is -0.376 e. The second kappa shape index (κ2) is 11.8. The zero-order valence-corrected chi connectivity index (χ0v) is 19.6. The number of aryl methyl sites for hydroxylation is 1. The lowest BCUT2D eigenvalue weighted by atomic mass is 10.1. The van der Waals surface area contributed by atoms with Crippen molar-refractivity contribution in [1.82, 2.24) is 4.90 Å². The van der Waals surface area contributed by atoms with Crippen molar-refractivity contribution >= 4 is 34.8 Å². The first-order valence-corrected chi connectivity index (χ1v) is 11.9. The van der Waals surface area contributed by atoms with Gasteiger partial charge in [0.2, 0.25) is 11.8 Å². The minimum atomic E-state index is -0.229. The third kappa shape index (κ3) is 7.17. The van der Waals surface area contributed by atoms with Crippen LogP contribution in [0.2, 0.25) is 0 Å². The highest BCUT2D eigenvalue weighted by Crippen LogP contribution is 2.18. The molecule has 3 N–H and O–H groups in total. The van der Waals surface area contributed by atoms with E-state index in [2.05, 4.69) is 16.0 Å². The van der Waals surface area contributed by atoms with E-state index in [4.69, 9.17) is 0 Å². The van der Waals surface area contributed by atoms with Crippen LogP contribution in [0.1, 0.15) is 35.2 Å². The van der Waals surface area contributed by atoms with Gasteiger partial charge in [0.1, 0.15) is 0 Å². The summed E-state index contributed by atoms with van der Waals surface area (Å²) in [5, 5.41) is 8.82. The average Bonchev–Trinajstić information content (AvgIpc) is 3.42. The molecule has 0 spiro atoms. The number of amides is 3. The number of hydrogen-bond acceptors (Lipinski definition) is 4. The Bertz CT molecular complexity index is 1170. The number of nitrogens with zero attached hydrogens (tertiary/aromatic N) is 1. The highest BCUT2D eigenvalue weighted by atomic mass is 16.2. The van der Waals surface area contributed by atoms with Crippen molar-refractivity contribution in [3.63, 3.8) is 0 Å². The van der Waals surface area contributed by atoms with E-state index in [0.717, 1.165) is 37.2 Å². The quantitative estimate of drug-likeness (QED) is 0.428. The van der Waals surface area contributed by atoms with E-state index in [-0.39, 0.29) is 24.3 Å². The molecule has 0 bridgehead atoms. The van der Waals surface area contributed by atoms with Gasteiger partial charge in [-0.15, -0.1) is 0 Å². The van der Waals surface area contributed by atoms with E-state index >= 15 is 0 Å². The molecule has 1 fully saturated rings. The highest BCUT2D eigenvalue weighted by Gasteiger charge is 2.19. The van der Waals surface area contributed by atoms with Crippen LogP contribution >= 0.6 is 0 Å². The maximum atomic E-state index is 12.6. The van der Waals surface area contributed by atoms with Gasteiger partial charge in [0.15, 0.2) is 0 Å². The van der Waals surface area contributed by atoms with Crippen LogP contribution in [0.3, 0.4) is 0 Å². The molecule has 3 aromatic carbocycles. The predicted molar refractivity (Wildman–Crippen MR) is 139 cm³/mol. The lowest BCUT2D eigenvalue weighted by Crippen LogP contribution is -2.27. The molecule has 35 heavy (non-hydrogen) atoms. The van der Waals surface area contributed by atoms with Crippen LogP contribution in [0.15, 0.2) is 78.9 Å². The Morgan fingerprint density at radius 2 is 1.37 bits per heavy atom. The maximum absolute atomic E-state index is 12.6. The Morgan fingerprint density at radius 1 is 0.714 bits per heavy atom. The molecular weight excluding hydrogens is 440 g/mol. The van der Waals surface area contributed by atoms with Crippen molar-refractivity contribution < 1.29 is 14.4 Å². The zero-order valence-electron chi connectivity index (χ0n) is 19.6. The third-order valence-electron chi connectivity index (χ3n) is 5.87. The number of hydrogen-bond donors (Lipinski definition) is 3. The van der Waals surface area contributed by atoms with Crippen LogP contribution in [-0.2, 0) is 16.0 Å². The van der Waals surface area contributed by atoms with Gasteiger partial charge >= 0.3 is 0 Å². The molecular formula is C28H30N4O3. The van der Waals surface area contributed by atoms with Crippen molar-refractivity contribution in [1.29, 1.82) is 0 Å². The number of rotatable bonds is 9. The second-order valence-electron chi connectivity index (χ2n) is 8.60. The van der Waals surface area contributed by atoms with E-state index in [1.54, 1.807) is 30.3 Å². The molecule has 0 radical (unpaired) electrons. The summed E-state index contributed by atoms with van der Waals surface area (Å²) in [6, 6.07) is 24.2. The monoisotopic (exact) mass is 470 g/mol. The standard InChI is InChI=1S/C28H30N4O3/c33-26(15-14-21-8-2-1-3-9-21)30-25-13-7-11-23(19-25)29-20-27(34)31-24-12-6-10-22(18-24)28(35)32-16-4-5-17-32/h1-3,6-13,18-19,29H,4-5,14-17,20H2,(H,30,33)(H,31,34). The van der Waals surface area contributed by atoms with Crippen molar-refractivity contribution in [3.05, 3.63) is 90.0 Å². The van der Waals surface area contributed by atoms with Gasteiger partial charge in [0, 0.05) is 42.1 Å². The van der Waals surface area contributed by atoms with E-state index in [9.17, 15) is 14.4 Å². The number of nitrogens with one attached hydrogen (secondary N) is 3. The summed E-state index contributed by atoms with van der Waals surface area (Å²) in [6.45, 7) is 1.62. The molecule has 0 aliphatic carbocycles. The van der Waals surface area contributed by atoms with Gasteiger partial charge in [-0.1, -0.05) is 42.5 Å². The highest BCUT2D eigenvalue weighted by molar-refractivity contribution is 5.98.